The van der Waals surface area contributed by atoms with E-state index in [4.69, 9.17) is 23.7 Å². The minimum Gasteiger partial charge on any atom is -0.466 e. The minimum absolute atomic E-state index is 0.000696. The third-order valence-corrected chi connectivity index (χ3v) is 4.74. The summed E-state index contributed by atoms with van der Waals surface area (Å²) in [6.07, 6.45) is 2.04. The van der Waals surface area contributed by atoms with Crippen LogP contribution in [-0.4, -0.2) is 108 Å². The summed E-state index contributed by atoms with van der Waals surface area (Å²) in [7, 11) is 3.30. The number of nitrogens with one attached hydrogen (secondary N) is 2. The number of ether oxygens (including phenoxy) is 5. The van der Waals surface area contributed by atoms with Crippen LogP contribution in [0.4, 0.5) is 4.79 Å². The molecule has 39 heavy (non-hydrogen) atoms. The first-order valence-electron chi connectivity index (χ1n) is 13.7. The predicted octanol–water partition coefficient (Wildman–Crippen LogP) is 2.68. The van der Waals surface area contributed by atoms with Gasteiger partial charge in [0.2, 0.25) is 11.8 Å². The van der Waals surface area contributed by atoms with E-state index in [0.29, 0.717) is 71.9 Å². The smallest absolute Gasteiger partial charge is 0.407 e. The number of hydrogen-bond donors (Lipinski definition) is 2. The molecule has 230 valence electrons. The van der Waals surface area contributed by atoms with Crippen molar-refractivity contribution < 1.29 is 42.9 Å². The number of esters is 1. The summed E-state index contributed by atoms with van der Waals surface area (Å²) in [5.74, 6) is -0.552. The first kappa shape index (κ1) is 38.7. The third-order valence-electron chi connectivity index (χ3n) is 4.74. The largest absolute Gasteiger partial charge is 0.466 e. The maximum Gasteiger partial charge on any atom is 0.407 e. The quantitative estimate of drug-likeness (QED) is 0.169. The molecule has 0 aliphatic rings. The van der Waals surface area contributed by atoms with Gasteiger partial charge in [0.25, 0.3) is 0 Å². The number of alkyl carbamates (subject to hydrolysis) is 1. The highest BCUT2D eigenvalue weighted by molar-refractivity contribution is 5.81. The Labute approximate surface area is 234 Å². The van der Waals surface area contributed by atoms with Gasteiger partial charge in [-0.05, 0) is 47.0 Å². The summed E-state index contributed by atoms with van der Waals surface area (Å²) in [4.78, 5) is 48.9. The summed E-state index contributed by atoms with van der Waals surface area (Å²) in [5.41, 5.74) is -0.568. The van der Waals surface area contributed by atoms with E-state index in [0.717, 1.165) is 6.42 Å². The molecule has 0 spiro atoms. The normalized spacial score (nSPS) is 10.6. The van der Waals surface area contributed by atoms with Gasteiger partial charge < -0.3 is 39.2 Å². The van der Waals surface area contributed by atoms with E-state index in [1.165, 1.54) is 0 Å². The van der Waals surface area contributed by atoms with Gasteiger partial charge >= 0.3 is 12.1 Å². The maximum atomic E-state index is 12.5. The predicted molar refractivity (Wildman–Crippen MR) is 148 cm³/mol. The molecule has 0 heterocycles. The highest BCUT2D eigenvalue weighted by Crippen LogP contribution is 2.07. The van der Waals surface area contributed by atoms with Crippen LogP contribution in [0.2, 0.25) is 0 Å². The fraction of sp³-hybridized carbons (Fsp3) is 0.852. The van der Waals surface area contributed by atoms with Gasteiger partial charge in [0.1, 0.15) is 5.60 Å². The Kier molecular flexibility index (Phi) is 25.6. The van der Waals surface area contributed by atoms with Crippen LogP contribution in [-0.2, 0) is 38.1 Å². The molecule has 0 unspecified atom stereocenters. The first-order valence-corrected chi connectivity index (χ1v) is 13.7. The maximum absolute atomic E-state index is 12.5. The molecular formula is C27H53N3O9. The first-order chi connectivity index (χ1) is 18.5. The average molecular weight is 564 g/mol. The number of carbonyl (C=O) groups excluding carboxylic acids is 4. The second kappa shape index (κ2) is 25.8. The Morgan fingerprint density at radius 3 is 1.82 bits per heavy atom. The van der Waals surface area contributed by atoms with Gasteiger partial charge in [-0.15, -0.1) is 0 Å². The van der Waals surface area contributed by atoms with E-state index in [9.17, 15) is 19.2 Å². The van der Waals surface area contributed by atoms with Crippen molar-refractivity contribution in [1.29, 1.82) is 0 Å². The lowest BCUT2D eigenvalue weighted by Gasteiger charge is -2.23. The van der Waals surface area contributed by atoms with Gasteiger partial charge in [-0.25, -0.2) is 4.79 Å². The SMILES string of the molecule is CCCC(=O)NCCCN(CCCNC(=O)OC(C)(C)C)C(=O)CCC(=O)OCC.COCCOCCOC. The van der Waals surface area contributed by atoms with Crippen molar-refractivity contribution >= 4 is 23.9 Å². The van der Waals surface area contributed by atoms with Crippen LogP contribution in [0.1, 0.15) is 73.1 Å². The van der Waals surface area contributed by atoms with E-state index in [2.05, 4.69) is 10.6 Å². The summed E-state index contributed by atoms with van der Waals surface area (Å²) < 4.78 is 24.6. The molecule has 0 rings (SSSR count). The Bertz CT molecular complexity index is 649. The lowest BCUT2D eigenvalue weighted by atomic mass is 10.2. The van der Waals surface area contributed by atoms with Crippen molar-refractivity contribution in [3.63, 3.8) is 0 Å². The van der Waals surface area contributed by atoms with E-state index in [1.54, 1.807) is 46.8 Å². The number of amides is 3. The number of hydrogen-bond acceptors (Lipinski definition) is 9. The lowest BCUT2D eigenvalue weighted by molar-refractivity contribution is -0.145. The standard InChI is InChI=1S/C21H39N3O6.C6H14O3/c1-6-10-17(25)22-13-8-15-24(18(26)11-12-19(27)29-7-2)16-9-14-23-20(28)30-21(3,4)5;1-7-3-5-9-6-4-8-2/h6-16H2,1-5H3,(H,22,25)(H,23,28);3-6H2,1-2H3. The third kappa shape index (κ3) is 28.4. The van der Waals surface area contributed by atoms with Crippen molar-refractivity contribution in [2.45, 2.75) is 78.7 Å². The van der Waals surface area contributed by atoms with Crippen LogP contribution in [0.5, 0.6) is 0 Å². The van der Waals surface area contributed by atoms with Crippen molar-refractivity contribution in [2.24, 2.45) is 0 Å². The molecule has 0 bridgehead atoms. The summed E-state index contributed by atoms with van der Waals surface area (Å²) in [6, 6.07) is 0. The molecule has 0 atom stereocenters. The second-order valence-corrected chi connectivity index (χ2v) is 9.52. The van der Waals surface area contributed by atoms with Crippen molar-refractivity contribution in [3.8, 4) is 0 Å². The van der Waals surface area contributed by atoms with Crippen molar-refractivity contribution in [2.75, 3.05) is 73.4 Å². The zero-order valence-corrected chi connectivity index (χ0v) is 25.2. The Hall–Kier alpha value is -2.44. The summed E-state index contributed by atoms with van der Waals surface area (Å²) >= 11 is 0. The Morgan fingerprint density at radius 1 is 0.769 bits per heavy atom. The fourth-order valence-corrected chi connectivity index (χ4v) is 2.94. The Balaban J connectivity index is 0. The van der Waals surface area contributed by atoms with Crippen molar-refractivity contribution in [3.05, 3.63) is 0 Å². The molecule has 0 saturated carbocycles. The molecule has 0 aliphatic carbocycles. The number of methoxy groups -OCH3 is 2. The molecule has 12 heteroatoms. The molecule has 0 aromatic rings. The Morgan fingerprint density at radius 2 is 1.33 bits per heavy atom. The van der Waals surface area contributed by atoms with Crippen LogP contribution in [0.3, 0.4) is 0 Å². The van der Waals surface area contributed by atoms with Crippen molar-refractivity contribution in [1.82, 2.24) is 15.5 Å². The molecule has 12 nitrogen and oxygen atoms in total. The minimum atomic E-state index is -0.568. The van der Waals surface area contributed by atoms with Crippen LogP contribution in [0, 0.1) is 0 Å². The molecule has 0 aromatic heterocycles. The van der Waals surface area contributed by atoms with Gasteiger partial charge in [-0.2, -0.15) is 0 Å². The van der Waals surface area contributed by atoms with E-state index in [-0.39, 0.29) is 31.3 Å². The highest BCUT2D eigenvalue weighted by Gasteiger charge is 2.17. The van der Waals surface area contributed by atoms with Crippen LogP contribution in [0.25, 0.3) is 0 Å². The molecule has 2 N–H and O–H groups in total. The average Bonchev–Trinajstić information content (AvgIpc) is 2.86. The topological polar surface area (TPSA) is 142 Å². The molecule has 0 radical (unpaired) electrons. The van der Waals surface area contributed by atoms with Gasteiger partial charge in [-0.3, -0.25) is 14.4 Å². The van der Waals surface area contributed by atoms with E-state index in [1.807, 2.05) is 6.92 Å². The number of nitrogens with zero attached hydrogens (tertiary/aromatic N) is 1. The van der Waals surface area contributed by atoms with E-state index < -0.39 is 17.7 Å². The molecule has 3 amide bonds. The zero-order chi connectivity index (χ0) is 29.9. The molecule has 0 fully saturated rings. The van der Waals surface area contributed by atoms with E-state index >= 15 is 0 Å². The second-order valence-electron chi connectivity index (χ2n) is 9.52. The van der Waals surface area contributed by atoms with Crippen LogP contribution in [0.15, 0.2) is 0 Å². The summed E-state index contributed by atoms with van der Waals surface area (Å²) in [6.45, 7) is 13.7. The molecule has 0 saturated heterocycles. The van der Waals surface area contributed by atoms with Crippen LogP contribution >= 0.6 is 0 Å². The van der Waals surface area contributed by atoms with Gasteiger partial charge in [0.05, 0.1) is 39.5 Å². The monoisotopic (exact) mass is 563 g/mol. The van der Waals surface area contributed by atoms with Gasteiger partial charge in [0, 0.05) is 53.2 Å². The number of rotatable bonds is 20. The number of carbonyl (C=O) groups is 4. The van der Waals surface area contributed by atoms with Crippen LogP contribution < -0.4 is 10.6 Å². The molecule has 0 aromatic carbocycles. The fourth-order valence-electron chi connectivity index (χ4n) is 2.94. The lowest BCUT2D eigenvalue weighted by Crippen LogP contribution is -2.37. The molecular weight excluding hydrogens is 510 g/mol. The highest BCUT2D eigenvalue weighted by atomic mass is 16.6. The van der Waals surface area contributed by atoms with Gasteiger partial charge in [0.15, 0.2) is 0 Å². The van der Waals surface area contributed by atoms with Gasteiger partial charge in [-0.1, -0.05) is 6.92 Å². The zero-order valence-electron chi connectivity index (χ0n) is 25.2. The summed E-state index contributed by atoms with van der Waals surface area (Å²) in [5, 5.41) is 5.49. The molecule has 0 aliphatic heterocycles.